The number of aliphatic hydroxyl groups is 1. The molecule has 0 bridgehead atoms. The zero-order chi connectivity index (χ0) is 33.8. The highest BCUT2D eigenvalue weighted by atomic mass is 16.5. The number of carbonyl (C=O) groups is 3. The molecule has 13 heteroatoms. The molecule has 0 saturated heterocycles. The summed E-state index contributed by atoms with van der Waals surface area (Å²) in [5.74, 6) is 0.470. The monoisotopic (exact) mass is 603 g/mol. The number of carbonyl (C=O) groups excluding carboxylic acids is 3. The minimum Gasteiger partial charge on any atom is -0.469 e. The number of esters is 2. The summed E-state index contributed by atoms with van der Waals surface area (Å²) in [6.07, 6.45) is -0.0314. The van der Waals surface area contributed by atoms with Crippen molar-refractivity contribution in [2.24, 2.45) is 16.2 Å². The lowest BCUT2D eigenvalue weighted by Crippen LogP contribution is -2.30. The van der Waals surface area contributed by atoms with E-state index >= 15 is 0 Å². The normalized spacial score (nSPS) is 11.3. The Balaban J connectivity index is -0.000000486. The van der Waals surface area contributed by atoms with Crippen LogP contribution in [0.25, 0.3) is 0 Å². The van der Waals surface area contributed by atoms with Crippen molar-refractivity contribution in [1.82, 2.24) is 5.16 Å². The molecule has 1 aromatic rings. The fourth-order valence-corrected chi connectivity index (χ4v) is 2.83. The fourth-order valence-electron chi connectivity index (χ4n) is 2.83. The van der Waals surface area contributed by atoms with Gasteiger partial charge in [0, 0.05) is 38.2 Å². The molecule has 1 aromatic heterocycles. The van der Waals surface area contributed by atoms with Crippen LogP contribution in [-0.2, 0) is 43.5 Å². The van der Waals surface area contributed by atoms with Crippen molar-refractivity contribution in [3.63, 3.8) is 0 Å². The van der Waals surface area contributed by atoms with Crippen LogP contribution in [0.15, 0.2) is 10.6 Å². The van der Waals surface area contributed by atoms with Gasteiger partial charge in [-0.25, -0.2) is 0 Å². The van der Waals surface area contributed by atoms with E-state index in [1.54, 1.807) is 68.9 Å². The Morgan fingerprint density at radius 3 is 1.57 bits per heavy atom. The molecule has 0 fully saturated rings. The molecule has 1 heterocycles. The van der Waals surface area contributed by atoms with Gasteiger partial charge in [-0.05, 0) is 27.7 Å². The van der Waals surface area contributed by atoms with Gasteiger partial charge in [0.05, 0.1) is 64.0 Å². The van der Waals surface area contributed by atoms with Gasteiger partial charge in [-0.1, -0.05) is 32.9 Å². The number of nitrogens with two attached hydrogens (primary N) is 1. The van der Waals surface area contributed by atoms with E-state index in [0.29, 0.717) is 25.6 Å². The number of ketones is 1. The second kappa shape index (κ2) is 20.8. The van der Waals surface area contributed by atoms with E-state index in [9.17, 15) is 14.4 Å². The maximum Gasteiger partial charge on any atom is 0.313 e. The number of nitrogens with zero attached hydrogens (tertiary/aromatic N) is 2. The molecule has 0 radical (unpaired) electrons. The van der Waals surface area contributed by atoms with Gasteiger partial charge in [0.1, 0.15) is 5.76 Å². The fraction of sp³-hybridized carbons (Fsp3) is 0.759. The summed E-state index contributed by atoms with van der Waals surface area (Å²) in [4.78, 5) is 32.8. The number of ether oxygens (including phenoxy) is 5. The molecule has 13 nitrogen and oxygen atoms in total. The van der Waals surface area contributed by atoms with Crippen molar-refractivity contribution >= 4 is 23.5 Å². The van der Waals surface area contributed by atoms with E-state index in [1.807, 2.05) is 19.9 Å². The highest BCUT2D eigenvalue weighted by Crippen LogP contribution is 2.24. The second-order valence-corrected chi connectivity index (χ2v) is 11.8. The Hall–Kier alpha value is -3.05. The first-order chi connectivity index (χ1) is 19.2. The lowest BCUT2D eigenvalue weighted by molar-refractivity contribution is -0.154. The Morgan fingerprint density at radius 1 is 0.833 bits per heavy atom. The zero-order valence-corrected chi connectivity index (χ0v) is 27.7. The van der Waals surface area contributed by atoms with Gasteiger partial charge in [0.15, 0.2) is 11.6 Å². The molecular weight excluding hydrogens is 550 g/mol. The molecule has 0 saturated carbocycles. The lowest BCUT2D eigenvalue weighted by Gasteiger charge is -2.19. The number of anilines is 1. The average Bonchev–Trinajstić information content (AvgIpc) is 3.36. The first-order valence-corrected chi connectivity index (χ1v) is 13.1. The Kier molecular flexibility index (Phi) is 21.5. The summed E-state index contributed by atoms with van der Waals surface area (Å²) in [5.41, 5.74) is 3.46. The number of nitriles is 1. The van der Waals surface area contributed by atoms with Gasteiger partial charge in [-0.15, -0.1) is 0 Å². The maximum atomic E-state index is 11.2. The third-order valence-corrected chi connectivity index (χ3v) is 5.58. The summed E-state index contributed by atoms with van der Waals surface area (Å²) in [7, 11) is 7.44. The smallest absolute Gasteiger partial charge is 0.313 e. The maximum absolute atomic E-state index is 11.2. The number of Topliss-reactive ketones (excluding diaryl/α,β-unsaturated/α-hetero) is 1. The van der Waals surface area contributed by atoms with E-state index < -0.39 is 16.2 Å². The van der Waals surface area contributed by atoms with Crippen molar-refractivity contribution in [2.75, 3.05) is 67.7 Å². The van der Waals surface area contributed by atoms with E-state index in [1.165, 1.54) is 14.2 Å². The van der Waals surface area contributed by atoms with Crippen LogP contribution >= 0.6 is 0 Å². The van der Waals surface area contributed by atoms with E-state index in [-0.39, 0.29) is 36.2 Å². The minimum absolute atomic E-state index is 0.0314. The first-order valence-electron chi connectivity index (χ1n) is 13.1. The number of aliphatic hydroxyl groups excluding tert-OH is 1. The number of aromatic nitrogens is 1. The van der Waals surface area contributed by atoms with Gasteiger partial charge in [0.2, 0.25) is 0 Å². The van der Waals surface area contributed by atoms with Gasteiger partial charge >= 0.3 is 11.9 Å². The summed E-state index contributed by atoms with van der Waals surface area (Å²) < 4.78 is 28.7. The first kappa shape index (κ1) is 43.4. The van der Waals surface area contributed by atoms with Crippen LogP contribution in [0.3, 0.4) is 0 Å². The minimum atomic E-state index is -0.755. The molecule has 244 valence electrons. The number of methoxy groups -OCH3 is 5. The van der Waals surface area contributed by atoms with Crippen LogP contribution in [0.4, 0.5) is 5.82 Å². The second-order valence-electron chi connectivity index (χ2n) is 11.8. The zero-order valence-electron chi connectivity index (χ0n) is 27.7. The van der Waals surface area contributed by atoms with Crippen molar-refractivity contribution in [3.8, 4) is 6.07 Å². The third-order valence-electron chi connectivity index (χ3n) is 5.58. The molecule has 0 amide bonds. The Morgan fingerprint density at radius 2 is 1.26 bits per heavy atom. The molecule has 0 aliphatic rings. The van der Waals surface area contributed by atoms with Crippen molar-refractivity contribution in [3.05, 3.63) is 11.8 Å². The van der Waals surface area contributed by atoms with Gasteiger partial charge in [-0.2, -0.15) is 5.26 Å². The van der Waals surface area contributed by atoms with Crippen molar-refractivity contribution < 1.29 is 47.7 Å². The standard InChI is InChI=1S/C8H14N2O2.C8H13NO2.C7H14O3.C6H12O3/c1-8(2,5-11-3)6-4-7(9)10-12-6;1-8(2,6-11-3)7(10)4-5-9;1-7(2,5-9-3)6(8)10-4;1-6(2,4-7)5(8)9-3/h4H,5H2,1-3H3,(H2,9,10);4,6H2,1-3H3;5H2,1-4H3;7H,4H2,1-3H3. The predicted octanol–water partition coefficient (Wildman–Crippen LogP) is 3.33. The number of nitrogen functional groups attached to an aromatic ring is 1. The lowest BCUT2D eigenvalue weighted by atomic mass is 9.88. The molecule has 0 aliphatic carbocycles. The topological polar surface area (TPSA) is 193 Å². The highest BCUT2D eigenvalue weighted by Gasteiger charge is 2.29. The van der Waals surface area contributed by atoms with Crippen LogP contribution < -0.4 is 5.73 Å². The number of hydrogen-bond acceptors (Lipinski definition) is 13. The van der Waals surface area contributed by atoms with Crippen LogP contribution in [-0.4, -0.2) is 90.0 Å². The highest BCUT2D eigenvalue weighted by molar-refractivity contribution is 5.85. The summed E-state index contributed by atoms with van der Waals surface area (Å²) >= 11 is 0. The Bertz CT molecular complexity index is 963. The average molecular weight is 604 g/mol. The summed E-state index contributed by atoms with van der Waals surface area (Å²) in [6.45, 7) is 15.5. The molecule has 3 N–H and O–H groups in total. The van der Waals surface area contributed by atoms with Crippen LogP contribution in [0.5, 0.6) is 0 Å². The molecule has 1 rings (SSSR count). The van der Waals surface area contributed by atoms with Crippen LogP contribution in [0, 0.1) is 27.6 Å². The number of rotatable bonds is 12. The molecule has 0 aromatic carbocycles. The third kappa shape index (κ3) is 17.7. The molecule has 0 unspecified atom stereocenters. The molecule has 42 heavy (non-hydrogen) atoms. The molecular formula is C29H53N3O10. The van der Waals surface area contributed by atoms with E-state index in [2.05, 4.69) is 14.6 Å². The summed E-state index contributed by atoms with van der Waals surface area (Å²) in [5, 5.41) is 20.5. The van der Waals surface area contributed by atoms with Crippen molar-refractivity contribution in [2.45, 2.75) is 67.2 Å². The SMILES string of the molecule is COC(=O)C(C)(C)CO.COCC(C)(C)C(=O)CC#N.COCC(C)(C)C(=O)OC.COCC(C)(C)c1cc(N)no1. The summed E-state index contributed by atoms with van der Waals surface area (Å²) in [6, 6.07) is 3.55. The molecule has 0 aliphatic heterocycles. The van der Waals surface area contributed by atoms with Crippen molar-refractivity contribution in [1.29, 1.82) is 5.26 Å². The van der Waals surface area contributed by atoms with Crippen LogP contribution in [0.1, 0.15) is 67.6 Å². The van der Waals surface area contributed by atoms with E-state index in [4.69, 9.17) is 34.8 Å². The molecule has 0 spiro atoms. The Labute approximate surface area is 250 Å². The van der Waals surface area contributed by atoms with Crippen LogP contribution in [0.2, 0.25) is 0 Å². The molecule has 0 atom stereocenters. The van der Waals surface area contributed by atoms with Gasteiger partial charge < -0.3 is 39.0 Å². The van der Waals surface area contributed by atoms with Gasteiger partial charge in [-0.3, -0.25) is 14.4 Å². The predicted molar refractivity (Wildman–Crippen MR) is 157 cm³/mol. The van der Waals surface area contributed by atoms with E-state index in [0.717, 1.165) is 5.76 Å². The largest absolute Gasteiger partial charge is 0.469 e. The quantitative estimate of drug-likeness (QED) is 0.331. The number of hydrogen-bond donors (Lipinski definition) is 2. The van der Waals surface area contributed by atoms with Gasteiger partial charge in [0.25, 0.3) is 0 Å².